The Morgan fingerprint density at radius 3 is 2.80 bits per heavy atom. The lowest BCUT2D eigenvalue weighted by Gasteiger charge is -2.06. The highest BCUT2D eigenvalue weighted by molar-refractivity contribution is 7.99. The van der Waals surface area contributed by atoms with Crippen LogP contribution in [0.2, 0.25) is 5.02 Å². The van der Waals surface area contributed by atoms with Crippen LogP contribution in [0.1, 0.15) is 10.6 Å². The zero-order chi connectivity index (χ0) is 17.8. The second kappa shape index (κ2) is 7.72. The minimum atomic E-state index is -0.747. The summed E-state index contributed by atoms with van der Waals surface area (Å²) >= 11 is 7.07. The Hall–Kier alpha value is -2.31. The van der Waals surface area contributed by atoms with Gasteiger partial charge in [-0.05, 0) is 30.3 Å². The van der Waals surface area contributed by atoms with E-state index in [1.165, 1.54) is 30.0 Å². The van der Waals surface area contributed by atoms with E-state index in [0.29, 0.717) is 21.1 Å². The van der Waals surface area contributed by atoms with Crippen LogP contribution < -0.4 is 5.43 Å². The van der Waals surface area contributed by atoms with Crippen molar-refractivity contribution in [3.63, 3.8) is 0 Å². The van der Waals surface area contributed by atoms with Crippen LogP contribution in [0.4, 0.5) is 4.39 Å². The summed E-state index contributed by atoms with van der Waals surface area (Å²) in [6, 6.07) is 12.0. The predicted octanol–water partition coefficient (Wildman–Crippen LogP) is 4.53. The van der Waals surface area contributed by atoms with Crippen molar-refractivity contribution in [2.24, 2.45) is 0 Å². The first-order valence-corrected chi connectivity index (χ1v) is 8.69. The highest BCUT2D eigenvalue weighted by Crippen LogP contribution is 2.21. The monoisotopic (exact) mass is 378 g/mol. The molecule has 3 aromatic rings. The molecule has 0 N–H and O–H groups in total. The first-order chi connectivity index (χ1) is 12.0. The van der Waals surface area contributed by atoms with E-state index in [1.54, 1.807) is 24.3 Å². The van der Waals surface area contributed by atoms with Gasteiger partial charge in [0.1, 0.15) is 18.0 Å². The van der Waals surface area contributed by atoms with Gasteiger partial charge >= 0.3 is 5.97 Å². The van der Waals surface area contributed by atoms with Crippen molar-refractivity contribution in [3.8, 4) is 0 Å². The van der Waals surface area contributed by atoms with Crippen LogP contribution in [0, 0.1) is 5.82 Å². The van der Waals surface area contributed by atoms with Crippen LogP contribution in [0.5, 0.6) is 0 Å². The Morgan fingerprint density at radius 1 is 1.20 bits per heavy atom. The fourth-order valence-electron chi connectivity index (χ4n) is 2.15. The van der Waals surface area contributed by atoms with Crippen LogP contribution in [0.25, 0.3) is 11.0 Å². The highest BCUT2D eigenvalue weighted by atomic mass is 35.5. The van der Waals surface area contributed by atoms with Gasteiger partial charge in [0.15, 0.2) is 5.43 Å². The molecule has 0 saturated carbocycles. The molecule has 1 heterocycles. The number of carbonyl (C=O) groups is 1. The van der Waals surface area contributed by atoms with Crippen molar-refractivity contribution in [2.45, 2.75) is 4.90 Å². The molecule has 0 radical (unpaired) electrons. The zero-order valence-electron chi connectivity index (χ0n) is 12.8. The largest absolute Gasteiger partial charge is 0.459 e. The quantitative estimate of drug-likeness (QED) is 0.371. The maximum absolute atomic E-state index is 13.5. The Morgan fingerprint density at radius 2 is 2.00 bits per heavy atom. The van der Waals surface area contributed by atoms with Gasteiger partial charge in [0.05, 0.1) is 5.39 Å². The average Bonchev–Trinajstić information content (AvgIpc) is 2.60. The lowest BCUT2D eigenvalue weighted by molar-refractivity contribution is 0.0494. The average molecular weight is 379 g/mol. The number of thioether (sulfide) groups is 1. The van der Waals surface area contributed by atoms with Crippen molar-refractivity contribution in [1.82, 2.24) is 0 Å². The van der Waals surface area contributed by atoms with E-state index in [9.17, 15) is 14.0 Å². The second-order valence-corrected chi connectivity index (χ2v) is 6.60. The summed E-state index contributed by atoms with van der Waals surface area (Å²) in [5.41, 5.74) is -0.124. The number of fused-ring (bicyclic) bond motifs is 1. The number of hydrogen-bond acceptors (Lipinski definition) is 5. The molecule has 25 heavy (non-hydrogen) atoms. The number of carbonyl (C=O) groups excluding carboxylic acids is 1. The number of halogens is 2. The van der Waals surface area contributed by atoms with Crippen molar-refractivity contribution in [1.29, 1.82) is 0 Å². The summed E-state index contributed by atoms with van der Waals surface area (Å²) < 4.78 is 23.9. The summed E-state index contributed by atoms with van der Waals surface area (Å²) in [5, 5.41) is 0.694. The summed E-state index contributed by atoms with van der Waals surface area (Å²) in [6.45, 7) is 0.0558. The SMILES string of the molecule is O=C(OCCSc1ccccc1F)c1cc(=O)c2cc(Cl)ccc2o1. The standard InChI is InChI=1S/C18H12ClFO4S/c19-11-5-6-15-12(9-11)14(21)10-16(24-15)18(22)23-7-8-25-17-4-2-1-3-13(17)20/h1-6,9-10H,7-8H2. The summed E-state index contributed by atoms with van der Waals surface area (Å²) in [7, 11) is 0. The molecule has 3 rings (SSSR count). The third-order valence-corrected chi connectivity index (χ3v) is 4.55. The van der Waals surface area contributed by atoms with Gasteiger partial charge in [0.25, 0.3) is 0 Å². The molecule has 0 fully saturated rings. The fourth-order valence-corrected chi connectivity index (χ4v) is 3.09. The van der Waals surface area contributed by atoms with E-state index >= 15 is 0 Å². The normalized spacial score (nSPS) is 10.8. The van der Waals surface area contributed by atoms with Gasteiger partial charge in [-0.15, -0.1) is 11.8 Å². The first-order valence-electron chi connectivity index (χ1n) is 7.32. The number of benzene rings is 2. The van der Waals surface area contributed by atoms with Crippen molar-refractivity contribution in [2.75, 3.05) is 12.4 Å². The summed E-state index contributed by atoms with van der Waals surface area (Å²) in [4.78, 5) is 24.5. The molecule has 2 aromatic carbocycles. The minimum absolute atomic E-state index is 0.0558. The van der Waals surface area contributed by atoms with E-state index < -0.39 is 5.97 Å². The lowest BCUT2D eigenvalue weighted by Crippen LogP contribution is -2.11. The molecule has 0 aliphatic rings. The molecule has 128 valence electrons. The molecule has 0 atom stereocenters. The summed E-state index contributed by atoms with van der Waals surface area (Å²) in [6.07, 6.45) is 0. The third-order valence-electron chi connectivity index (χ3n) is 3.30. The molecule has 0 unspecified atom stereocenters. The number of esters is 1. The van der Waals surface area contributed by atoms with Gasteiger partial charge in [-0.2, -0.15) is 0 Å². The second-order valence-electron chi connectivity index (χ2n) is 5.03. The van der Waals surface area contributed by atoms with Gasteiger partial charge in [-0.3, -0.25) is 4.79 Å². The molecular formula is C18H12ClFO4S. The van der Waals surface area contributed by atoms with Crippen LogP contribution in [-0.2, 0) is 4.74 Å². The number of ether oxygens (including phenoxy) is 1. The molecule has 1 aromatic heterocycles. The topological polar surface area (TPSA) is 56.5 Å². The van der Waals surface area contributed by atoms with Crippen molar-refractivity contribution < 1.29 is 18.3 Å². The van der Waals surface area contributed by atoms with Crippen LogP contribution in [0.15, 0.2) is 62.6 Å². The first kappa shape index (κ1) is 17.5. The predicted molar refractivity (Wildman–Crippen MR) is 94.9 cm³/mol. The van der Waals surface area contributed by atoms with E-state index in [0.717, 1.165) is 6.07 Å². The number of hydrogen-bond donors (Lipinski definition) is 0. The molecule has 0 aliphatic carbocycles. The molecule has 0 spiro atoms. The molecule has 0 bridgehead atoms. The Bertz CT molecular complexity index is 986. The van der Waals surface area contributed by atoms with Crippen LogP contribution in [-0.4, -0.2) is 18.3 Å². The maximum Gasteiger partial charge on any atom is 0.374 e. The number of rotatable bonds is 5. The fraction of sp³-hybridized carbons (Fsp3) is 0.111. The van der Waals surface area contributed by atoms with E-state index in [1.807, 2.05) is 0 Å². The minimum Gasteiger partial charge on any atom is -0.459 e. The maximum atomic E-state index is 13.5. The third kappa shape index (κ3) is 4.21. The van der Waals surface area contributed by atoms with Gasteiger partial charge in [-0.1, -0.05) is 23.7 Å². The van der Waals surface area contributed by atoms with Gasteiger partial charge < -0.3 is 9.15 Å². The Balaban J connectivity index is 1.63. The molecule has 0 amide bonds. The summed E-state index contributed by atoms with van der Waals surface area (Å²) in [5.74, 6) is -0.878. The van der Waals surface area contributed by atoms with Gasteiger partial charge in [0.2, 0.25) is 5.76 Å². The van der Waals surface area contributed by atoms with Crippen molar-refractivity contribution >= 4 is 40.3 Å². The van der Waals surface area contributed by atoms with Crippen LogP contribution in [0.3, 0.4) is 0 Å². The molecule has 7 heteroatoms. The Labute approximate surface area is 151 Å². The highest BCUT2D eigenvalue weighted by Gasteiger charge is 2.14. The van der Waals surface area contributed by atoms with Gasteiger partial charge in [-0.25, -0.2) is 9.18 Å². The van der Waals surface area contributed by atoms with E-state index in [4.69, 9.17) is 20.8 Å². The lowest BCUT2D eigenvalue weighted by atomic mass is 10.2. The molecule has 0 aliphatic heterocycles. The van der Waals surface area contributed by atoms with Crippen LogP contribution >= 0.6 is 23.4 Å². The molecule has 0 saturated heterocycles. The van der Waals surface area contributed by atoms with E-state index in [-0.39, 0.29) is 29.2 Å². The zero-order valence-corrected chi connectivity index (χ0v) is 14.4. The molecule has 4 nitrogen and oxygen atoms in total. The smallest absolute Gasteiger partial charge is 0.374 e. The van der Waals surface area contributed by atoms with Crippen molar-refractivity contribution in [3.05, 3.63) is 75.4 Å². The van der Waals surface area contributed by atoms with Gasteiger partial charge in [0, 0.05) is 21.7 Å². The Kier molecular flexibility index (Phi) is 5.40. The molecular weight excluding hydrogens is 367 g/mol. The van der Waals surface area contributed by atoms with E-state index in [2.05, 4.69) is 0 Å².